The van der Waals surface area contributed by atoms with Gasteiger partial charge in [0.05, 0.1) is 0 Å². The van der Waals surface area contributed by atoms with Crippen LogP contribution in [0.25, 0.3) is 0 Å². The Bertz CT molecular complexity index is 361. The second-order valence-electron chi connectivity index (χ2n) is 4.59. The molecule has 1 aliphatic rings. The van der Waals surface area contributed by atoms with Gasteiger partial charge < -0.3 is 10.1 Å². The fourth-order valence-corrected chi connectivity index (χ4v) is 2.40. The van der Waals surface area contributed by atoms with E-state index >= 15 is 0 Å². The van der Waals surface area contributed by atoms with Gasteiger partial charge in [-0.15, -0.1) is 0 Å². The number of rotatable bonds is 4. The molecule has 0 aliphatic carbocycles. The largest absolute Gasteiger partial charge is 0.381 e. The molecule has 1 fully saturated rings. The Morgan fingerprint density at radius 3 is 2.71 bits per heavy atom. The third kappa shape index (κ3) is 2.85. The Morgan fingerprint density at radius 2 is 2.00 bits per heavy atom. The first-order valence-electron chi connectivity index (χ1n) is 6.26. The summed E-state index contributed by atoms with van der Waals surface area (Å²) in [7, 11) is 1.92. The minimum Gasteiger partial charge on any atom is -0.381 e. The molecule has 1 saturated heterocycles. The molecule has 0 unspecified atom stereocenters. The van der Waals surface area contributed by atoms with Crippen molar-refractivity contribution in [3.8, 4) is 0 Å². The monoisotopic (exact) mass is 237 g/mol. The van der Waals surface area contributed by atoms with Crippen LogP contribution in [-0.4, -0.2) is 26.8 Å². The molecular formula is C14H20FNO. The predicted octanol–water partition coefficient (Wildman–Crippen LogP) is 2.42. The van der Waals surface area contributed by atoms with E-state index in [4.69, 9.17) is 4.74 Å². The van der Waals surface area contributed by atoms with Crippen LogP contribution < -0.4 is 5.32 Å². The van der Waals surface area contributed by atoms with Crippen molar-refractivity contribution < 1.29 is 9.13 Å². The van der Waals surface area contributed by atoms with Gasteiger partial charge in [-0.05, 0) is 31.1 Å². The minimum atomic E-state index is -1.19. The topological polar surface area (TPSA) is 21.3 Å². The molecule has 3 heteroatoms. The molecule has 1 N–H and O–H groups in total. The number of ether oxygens (including phenoxy) is 1. The SMILES string of the molecule is CNCCc1ccccc1C1(F)CCOCC1. The lowest BCUT2D eigenvalue weighted by Gasteiger charge is -2.31. The summed E-state index contributed by atoms with van der Waals surface area (Å²) < 4.78 is 20.1. The highest BCUT2D eigenvalue weighted by Crippen LogP contribution is 2.38. The summed E-state index contributed by atoms with van der Waals surface area (Å²) >= 11 is 0. The van der Waals surface area contributed by atoms with E-state index in [1.54, 1.807) is 0 Å². The van der Waals surface area contributed by atoms with E-state index in [0.717, 1.165) is 24.1 Å². The smallest absolute Gasteiger partial charge is 0.140 e. The second-order valence-corrected chi connectivity index (χ2v) is 4.59. The number of nitrogens with one attached hydrogen (secondary N) is 1. The highest BCUT2D eigenvalue weighted by molar-refractivity contribution is 5.33. The summed E-state index contributed by atoms with van der Waals surface area (Å²) in [6, 6.07) is 7.87. The zero-order chi connectivity index (χ0) is 12.1. The molecule has 1 aliphatic heterocycles. The highest BCUT2D eigenvalue weighted by atomic mass is 19.1. The fraction of sp³-hybridized carbons (Fsp3) is 0.571. The third-order valence-corrected chi connectivity index (χ3v) is 3.43. The number of hydrogen-bond donors (Lipinski definition) is 1. The molecule has 0 radical (unpaired) electrons. The average Bonchev–Trinajstić information content (AvgIpc) is 2.37. The normalized spacial score (nSPS) is 19.2. The van der Waals surface area contributed by atoms with Crippen LogP contribution in [0.5, 0.6) is 0 Å². The molecule has 0 saturated carbocycles. The highest BCUT2D eigenvalue weighted by Gasteiger charge is 2.35. The van der Waals surface area contributed by atoms with Gasteiger partial charge in [0.1, 0.15) is 5.67 Å². The zero-order valence-corrected chi connectivity index (χ0v) is 10.3. The van der Waals surface area contributed by atoms with E-state index in [1.807, 2.05) is 31.3 Å². The number of halogens is 1. The van der Waals surface area contributed by atoms with Crippen LogP contribution in [-0.2, 0) is 16.8 Å². The molecule has 2 rings (SSSR count). The van der Waals surface area contributed by atoms with Crippen molar-refractivity contribution in [3.63, 3.8) is 0 Å². The van der Waals surface area contributed by atoms with E-state index in [0.29, 0.717) is 26.1 Å². The maximum atomic E-state index is 14.9. The number of benzene rings is 1. The van der Waals surface area contributed by atoms with Gasteiger partial charge >= 0.3 is 0 Å². The number of hydrogen-bond acceptors (Lipinski definition) is 2. The molecule has 0 aromatic heterocycles. The predicted molar refractivity (Wildman–Crippen MR) is 66.9 cm³/mol. The van der Waals surface area contributed by atoms with Crippen molar-refractivity contribution in [2.45, 2.75) is 24.9 Å². The van der Waals surface area contributed by atoms with Crippen molar-refractivity contribution in [2.75, 3.05) is 26.8 Å². The maximum absolute atomic E-state index is 14.9. The lowest BCUT2D eigenvalue weighted by atomic mass is 9.84. The van der Waals surface area contributed by atoms with Crippen molar-refractivity contribution in [1.82, 2.24) is 5.32 Å². The van der Waals surface area contributed by atoms with Gasteiger partial charge in [-0.1, -0.05) is 24.3 Å². The molecule has 1 aromatic rings. The lowest BCUT2D eigenvalue weighted by Crippen LogP contribution is -2.30. The molecule has 0 spiro atoms. The summed E-state index contributed by atoms with van der Waals surface area (Å²) in [5, 5.41) is 3.11. The van der Waals surface area contributed by atoms with E-state index in [1.165, 1.54) is 0 Å². The molecule has 2 nitrogen and oxygen atoms in total. The molecule has 94 valence electrons. The van der Waals surface area contributed by atoms with Crippen molar-refractivity contribution >= 4 is 0 Å². The van der Waals surface area contributed by atoms with Crippen molar-refractivity contribution in [2.24, 2.45) is 0 Å². The molecule has 0 amide bonds. The van der Waals surface area contributed by atoms with Crippen molar-refractivity contribution in [1.29, 1.82) is 0 Å². The van der Waals surface area contributed by atoms with Crippen LogP contribution in [0.2, 0.25) is 0 Å². The second kappa shape index (κ2) is 5.61. The van der Waals surface area contributed by atoms with E-state index in [9.17, 15) is 4.39 Å². The summed E-state index contributed by atoms with van der Waals surface area (Å²) in [6.45, 7) is 1.93. The molecular weight excluding hydrogens is 217 g/mol. The van der Waals surface area contributed by atoms with Crippen LogP contribution in [0.15, 0.2) is 24.3 Å². The van der Waals surface area contributed by atoms with Crippen LogP contribution in [0.1, 0.15) is 24.0 Å². The molecule has 0 bridgehead atoms. The third-order valence-electron chi connectivity index (χ3n) is 3.43. The van der Waals surface area contributed by atoms with Gasteiger partial charge in [0.15, 0.2) is 0 Å². The molecule has 0 atom stereocenters. The van der Waals surface area contributed by atoms with Crippen LogP contribution in [0, 0.1) is 0 Å². The van der Waals surface area contributed by atoms with E-state index in [-0.39, 0.29) is 0 Å². The Labute approximate surface area is 102 Å². The van der Waals surface area contributed by atoms with Gasteiger partial charge in [0.2, 0.25) is 0 Å². The van der Waals surface area contributed by atoms with Gasteiger partial charge in [0.25, 0.3) is 0 Å². The Balaban J connectivity index is 2.23. The van der Waals surface area contributed by atoms with Crippen molar-refractivity contribution in [3.05, 3.63) is 35.4 Å². The summed E-state index contributed by atoms with van der Waals surface area (Å²) in [6.07, 6.45) is 1.83. The van der Waals surface area contributed by atoms with Gasteiger partial charge in [0, 0.05) is 26.1 Å². The van der Waals surface area contributed by atoms with Gasteiger partial charge in [-0.3, -0.25) is 0 Å². The lowest BCUT2D eigenvalue weighted by molar-refractivity contribution is -0.0119. The Kier molecular flexibility index (Phi) is 4.13. The maximum Gasteiger partial charge on any atom is 0.140 e. The number of alkyl halides is 1. The Hall–Kier alpha value is -0.930. The minimum absolute atomic E-state index is 0.476. The standard InChI is InChI=1S/C14H20FNO/c1-16-9-6-12-4-2-3-5-13(12)14(15)7-10-17-11-8-14/h2-5,16H,6-11H2,1H3. The summed E-state index contributed by atoms with van der Waals surface area (Å²) in [5.74, 6) is 0. The number of likely N-dealkylation sites (N-methyl/N-ethyl adjacent to an activating group) is 1. The van der Waals surface area contributed by atoms with Gasteiger partial charge in [-0.25, -0.2) is 4.39 Å². The summed E-state index contributed by atoms with van der Waals surface area (Å²) in [5.41, 5.74) is 0.785. The average molecular weight is 237 g/mol. The Morgan fingerprint density at radius 1 is 1.29 bits per heavy atom. The van der Waals surface area contributed by atoms with Crippen LogP contribution in [0.4, 0.5) is 4.39 Å². The van der Waals surface area contributed by atoms with E-state index in [2.05, 4.69) is 5.32 Å². The molecule has 1 aromatic carbocycles. The molecule has 1 heterocycles. The van der Waals surface area contributed by atoms with Crippen LogP contribution >= 0.6 is 0 Å². The zero-order valence-electron chi connectivity index (χ0n) is 10.3. The quantitative estimate of drug-likeness (QED) is 0.868. The van der Waals surface area contributed by atoms with Crippen LogP contribution in [0.3, 0.4) is 0 Å². The first kappa shape index (κ1) is 12.5. The first-order valence-corrected chi connectivity index (χ1v) is 6.26. The van der Waals surface area contributed by atoms with E-state index < -0.39 is 5.67 Å². The fourth-order valence-electron chi connectivity index (χ4n) is 2.40. The van der Waals surface area contributed by atoms with Gasteiger partial charge in [-0.2, -0.15) is 0 Å². The first-order chi connectivity index (χ1) is 8.26. The summed E-state index contributed by atoms with van der Waals surface area (Å²) in [4.78, 5) is 0. The molecule has 17 heavy (non-hydrogen) atoms.